The molecule has 0 saturated carbocycles. The average molecular weight is 310 g/mol. The Bertz CT molecular complexity index is 546. The zero-order chi connectivity index (χ0) is 13.0. The number of anilines is 3. The van der Waals surface area contributed by atoms with E-state index in [1.807, 2.05) is 25.1 Å². The van der Waals surface area contributed by atoms with Gasteiger partial charge in [-0.1, -0.05) is 6.07 Å². The van der Waals surface area contributed by atoms with Gasteiger partial charge in [0.2, 0.25) is 0 Å². The Morgan fingerprint density at radius 3 is 2.72 bits per heavy atom. The molecule has 1 aromatic heterocycles. The molecule has 2 aromatic rings. The molecule has 1 aromatic carbocycles. The summed E-state index contributed by atoms with van der Waals surface area (Å²) in [5, 5.41) is 6.18. The lowest BCUT2D eigenvalue weighted by Gasteiger charge is -2.08. The number of pyridine rings is 1. The molecule has 0 aliphatic heterocycles. The minimum atomic E-state index is -0.303. The normalized spacial score (nSPS) is 10.2. The Balaban J connectivity index is 2.17. The summed E-state index contributed by atoms with van der Waals surface area (Å²) >= 11 is 3.12. The number of nitrogens with one attached hydrogen (secondary N) is 2. The molecule has 0 unspecified atom stereocenters. The maximum atomic E-state index is 13.4. The molecule has 0 saturated heterocycles. The molecule has 94 valence electrons. The lowest BCUT2D eigenvalue weighted by atomic mass is 10.3. The SMILES string of the molecule is CCNc1cccc(Nc2ccc(Br)c(F)c2)n1. The number of rotatable bonds is 4. The number of hydrogen-bond donors (Lipinski definition) is 2. The Hall–Kier alpha value is -1.62. The number of aromatic nitrogens is 1. The van der Waals surface area contributed by atoms with E-state index in [2.05, 4.69) is 31.5 Å². The lowest BCUT2D eigenvalue weighted by molar-refractivity contribution is 0.622. The van der Waals surface area contributed by atoms with Gasteiger partial charge < -0.3 is 10.6 Å². The topological polar surface area (TPSA) is 37.0 Å². The third-order valence-corrected chi connectivity index (χ3v) is 2.94. The third-order valence-electron chi connectivity index (χ3n) is 2.30. The van der Waals surface area contributed by atoms with Crippen molar-refractivity contribution < 1.29 is 4.39 Å². The van der Waals surface area contributed by atoms with Crippen molar-refractivity contribution in [3.63, 3.8) is 0 Å². The fraction of sp³-hybridized carbons (Fsp3) is 0.154. The second-order valence-electron chi connectivity index (χ2n) is 3.69. The van der Waals surface area contributed by atoms with E-state index in [9.17, 15) is 4.39 Å². The van der Waals surface area contributed by atoms with Crippen LogP contribution >= 0.6 is 15.9 Å². The summed E-state index contributed by atoms with van der Waals surface area (Å²) in [6, 6.07) is 10.5. The van der Waals surface area contributed by atoms with E-state index >= 15 is 0 Å². The first-order valence-electron chi connectivity index (χ1n) is 5.62. The van der Waals surface area contributed by atoms with Crippen LogP contribution in [0.25, 0.3) is 0 Å². The minimum Gasteiger partial charge on any atom is -0.370 e. The molecular weight excluding hydrogens is 297 g/mol. The predicted octanol–water partition coefficient (Wildman–Crippen LogP) is 4.16. The monoisotopic (exact) mass is 309 g/mol. The molecule has 0 radical (unpaired) electrons. The second-order valence-corrected chi connectivity index (χ2v) is 4.55. The third kappa shape index (κ3) is 3.20. The Morgan fingerprint density at radius 2 is 2.00 bits per heavy atom. The summed E-state index contributed by atoms with van der Waals surface area (Å²) in [6.07, 6.45) is 0. The van der Waals surface area contributed by atoms with Crippen LogP contribution in [0, 0.1) is 5.82 Å². The van der Waals surface area contributed by atoms with E-state index in [4.69, 9.17) is 0 Å². The fourth-order valence-corrected chi connectivity index (χ4v) is 1.75. The summed E-state index contributed by atoms with van der Waals surface area (Å²) in [5.74, 6) is 1.16. The minimum absolute atomic E-state index is 0.303. The van der Waals surface area contributed by atoms with E-state index in [1.165, 1.54) is 6.07 Å². The quantitative estimate of drug-likeness (QED) is 0.890. The van der Waals surface area contributed by atoms with E-state index in [-0.39, 0.29) is 5.82 Å². The van der Waals surface area contributed by atoms with Gasteiger partial charge in [-0.3, -0.25) is 0 Å². The van der Waals surface area contributed by atoms with Gasteiger partial charge in [-0.2, -0.15) is 0 Å². The van der Waals surface area contributed by atoms with Crippen molar-refractivity contribution in [2.24, 2.45) is 0 Å². The van der Waals surface area contributed by atoms with Crippen LogP contribution in [0.5, 0.6) is 0 Å². The van der Waals surface area contributed by atoms with Crippen molar-refractivity contribution in [3.8, 4) is 0 Å². The van der Waals surface area contributed by atoms with E-state index < -0.39 is 0 Å². The highest BCUT2D eigenvalue weighted by Crippen LogP contribution is 2.22. The summed E-state index contributed by atoms with van der Waals surface area (Å²) in [6.45, 7) is 2.81. The van der Waals surface area contributed by atoms with Crippen LogP contribution in [0.1, 0.15) is 6.92 Å². The molecule has 0 aliphatic carbocycles. The van der Waals surface area contributed by atoms with Crippen LogP contribution < -0.4 is 10.6 Å². The molecule has 3 nitrogen and oxygen atoms in total. The van der Waals surface area contributed by atoms with Crippen LogP contribution in [0.4, 0.5) is 21.7 Å². The molecule has 5 heteroatoms. The molecule has 18 heavy (non-hydrogen) atoms. The van der Waals surface area contributed by atoms with E-state index in [1.54, 1.807) is 12.1 Å². The second kappa shape index (κ2) is 5.82. The van der Waals surface area contributed by atoms with Gasteiger partial charge in [0.25, 0.3) is 0 Å². The first kappa shape index (κ1) is 12.8. The van der Waals surface area contributed by atoms with E-state index in [0.29, 0.717) is 16.0 Å². The summed E-state index contributed by atoms with van der Waals surface area (Å²) < 4.78 is 13.8. The predicted molar refractivity (Wildman–Crippen MR) is 75.8 cm³/mol. The number of nitrogens with zero attached hydrogens (tertiary/aromatic N) is 1. The Kier molecular flexibility index (Phi) is 4.15. The largest absolute Gasteiger partial charge is 0.370 e. The van der Waals surface area contributed by atoms with Crippen molar-refractivity contribution in [3.05, 3.63) is 46.7 Å². The lowest BCUT2D eigenvalue weighted by Crippen LogP contribution is -2.01. The molecule has 0 aliphatic rings. The zero-order valence-corrected chi connectivity index (χ0v) is 11.5. The molecule has 0 atom stereocenters. The van der Waals surface area contributed by atoms with Crippen LogP contribution in [-0.2, 0) is 0 Å². The average Bonchev–Trinajstić information content (AvgIpc) is 2.35. The highest BCUT2D eigenvalue weighted by Gasteiger charge is 2.02. The van der Waals surface area contributed by atoms with Gasteiger partial charge in [0.15, 0.2) is 0 Å². The van der Waals surface area contributed by atoms with Crippen molar-refractivity contribution in [2.75, 3.05) is 17.2 Å². The van der Waals surface area contributed by atoms with Gasteiger partial charge in [0.1, 0.15) is 17.5 Å². The van der Waals surface area contributed by atoms with Crippen LogP contribution in [0.2, 0.25) is 0 Å². The smallest absolute Gasteiger partial charge is 0.139 e. The molecule has 1 heterocycles. The van der Waals surface area contributed by atoms with Gasteiger partial charge in [-0.15, -0.1) is 0 Å². The number of halogens is 2. The molecule has 0 amide bonds. The number of benzene rings is 1. The maximum Gasteiger partial charge on any atom is 0.139 e. The molecule has 2 rings (SSSR count). The zero-order valence-electron chi connectivity index (χ0n) is 9.87. The summed E-state index contributed by atoms with van der Waals surface area (Å²) in [5.41, 5.74) is 0.664. The van der Waals surface area contributed by atoms with Gasteiger partial charge in [-0.05, 0) is 53.2 Å². The Morgan fingerprint density at radius 1 is 1.22 bits per heavy atom. The van der Waals surface area contributed by atoms with Gasteiger partial charge in [-0.25, -0.2) is 9.37 Å². The molecule has 0 fully saturated rings. The first-order valence-corrected chi connectivity index (χ1v) is 6.41. The first-order chi connectivity index (χ1) is 8.69. The molecule has 0 bridgehead atoms. The highest BCUT2D eigenvalue weighted by atomic mass is 79.9. The summed E-state index contributed by atoms with van der Waals surface area (Å²) in [4.78, 5) is 4.35. The maximum absolute atomic E-state index is 13.4. The standard InChI is InChI=1S/C13H13BrFN3/c1-2-16-12-4-3-5-13(18-12)17-9-6-7-10(14)11(15)8-9/h3-8H,2H2,1H3,(H2,16,17,18). The number of hydrogen-bond acceptors (Lipinski definition) is 3. The van der Waals surface area contributed by atoms with Crippen molar-refractivity contribution in [1.82, 2.24) is 4.98 Å². The van der Waals surface area contributed by atoms with Crippen molar-refractivity contribution >= 4 is 33.3 Å². The highest BCUT2D eigenvalue weighted by molar-refractivity contribution is 9.10. The van der Waals surface area contributed by atoms with Crippen molar-refractivity contribution in [1.29, 1.82) is 0 Å². The van der Waals surface area contributed by atoms with Crippen molar-refractivity contribution in [2.45, 2.75) is 6.92 Å². The molecular formula is C13H13BrFN3. The fourth-order valence-electron chi connectivity index (χ4n) is 1.51. The molecule has 0 spiro atoms. The van der Waals surface area contributed by atoms with Gasteiger partial charge in [0.05, 0.1) is 4.47 Å². The van der Waals surface area contributed by atoms with Crippen LogP contribution in [0.15, 0.2) is 40.9 Å². The van der Waals surface area contributed by atoms with Gasteiger partial charge in [0, 0.05) is 12.2 Å². The van der Waals surface area contributed by atoms with E-state index in [0.717, 1.165) is 12.4 Å². The van der Waals surface area contributed by atoms with Crippen LogP contribution in [-0.4, -0.2) is 11.5 Å². The van der Waals surface area contributed by atoms with Gasteiger partial charge >= 0.3 is 0 Å². The Labute approximate surface area is 114 Å². The molecule has 2 N–H and O–H groups in total. The van der Waals surface area contributed by atoms with Crippen LogP contribution in [0.3, 0.4) is 0 Å². The summed E-state index contributed by atoms with van der Waals surface area (Å²) in [7, 11) is 0.